The van der Waals surface area contributed by atoms with E-state index in [1.165, 1.54) is 55.2 Å². The number of rotatable bonds is 3. The van der Waals surface area contributed by atoms with E-state index in [1.54, 1.807) is 5.56 Å². The van der Waals surface area contributed by atoms with E-state index in [9.17, 15) is 0 Å². The van der Waals surface area contributed by atoms with E-state index in [4.69, 9.17) is 18.6 Å². The molecule has 5 aliphatic rings. The van der Waals surface area contributed by atoms with Crippen LogP contribution in [0.25, 0.3) is 0 Å². The summed E-state index contributed by atoms with van der Waals surface area (Å²) in [6.45, 7) is 19.4. The summed E-state index contributed by atoms with van der Waals surface area (Å²) >= 11 is 0. The Labute approximate surface area is 225 Å². The maximum atomic E-state index is 6.55. The molecule has 3 saturated heterocycles. The lowest BCUT2D eigenvalue weighted by Crippen LogP contribution is -2.41. The van der Waals surface area contributed by atoms with Gasteiger partial charge in [-0.2, -0.15) is 0 Å². The maximum absolute atomic E-state index is 6.55. The Morgan fingerprint density at radius 2 is 1.22 bits per heavy atom. The van der Waals surface area contributed by atoms with Gasteiger partial charge in [0.2, 0.25) is 0 Å². The van der Waals surface area contributed by atoms with E-state index in [0.29, 0.717) is 11.2 Å². The lowest BCUT2D eigenvalue weighted by atomic mass is 9.66. The summed E-state index contributed by atoms with van der Waals surface area (Å²) < 4.78 is 25.9. The van der Waals surface area contributed by atoms with Gasteiger partial charge in [-0.05, 0) is 128 Å². The molecule has 0 aromatic heterocycles. The van der Waals surface area contributed by atoms with Gasteiger partial charge in [0.25, 0.3) is 0 Å². The molecule has 7 heteroatoms. The highest BCUT2D eigenvalue weighted by molar-refractivity contribution is 6.62. The standard InChI is InChI=1S/C30H47B2NO4/c1-26(2)27(3,4)35-31(34-26)21-13-17-33(18-14-21)25-12-11-24(32-36-28(5,6)29(7,8)37-32)22-19-30(20-23(22)25)15-9-10-16-30/h11-12,21H,9-10,13-20H2,1-8H3. The van der Waals surface area contributed by atoms with Crippen LogP contribution in [0.3, 0.4) is 0 Å². The van der Waals surface area contributed by atoms with Crippen molar-refractivity contribution in [3.8, 4) is 0 Å². The Morgan fingerprint density at radius 1 is 0.703 bits per heavy atom. The number of hydrogen-bond acceptors (Lipinski definition) is 5. The summed E-state index contributed by atoms with van der Waals surface area (Å²) in [4.78, 5) is 2.64. The Hall–Kier alpha value is -1.01. The molecule has 0 bridgehead atoms. The van der Waals surface area contributed by atoms with Crippen molar-refractivity contribution in [3.63, 3.8) is 0 Å². The summed E-state index contributed by atoms with van der Waals surface area (Å²) in [5.74, 6) is 0.454. The number of anilines is 1. The van der Waals surface area contributed by atoms with E-state index < -0.39 is 0 Å². The van der Waals surface area contributed by atoms with Crippen LogP contribution >= 0.6 is 0 Å². The molecule has 1 aromatic carbocycles. The maximum Gasteiger partial charge on any atom is 0.495 e. The predicted octanol–water partition coefficient (Wildman–Crippen LogP) is 5.71. The van der Waals surface area contributed by atoms with Crippen molar-refractivity contribution in [1.29, 1.82) is 0 Å². The largest absolute Gasteiger partial charge is 0.495 e. The second kappa shape index (κ2) is 8.49. The molecule has 6 rings (SSSR count). The van der Waals surface area contributed by atoms with Crippen LogP contribution in [0.4, 0.5) is 5.69 Å². The number of nitrogens with zero attached hydrogens (tertiary/aromatic N) is 1. The van der Waals surface area contributed by atoms with E-state index in [0.717, 1.165) is 25.9 Å². The summed E-state index contributed by atoms with van der Waals surface area (Å²) in [6, 6.07) is 4.70. The highest BCUT2D eigenvalue weighted by Crippen LogP contribution is 2.51. The van der Waals surface area contributed by atoms with E-state index in [1.807, 2.05) is 0 Å². The first kappa shape index (κ1) is 26.2. The molecule has 0 unspecified atom stereocenters. The van der Waals surface area contributed by atoms with Gasteiger partial charge in [0.15, 0.2) is 0 Å². The number of hydrogen-bond donors (Lipinski definition) is 0. The molecule has 0 atom stereocenters. The molecule has 4 fully saturated rings. The van der Waals surface area contributed by atoms with Crippen LogP contribution in [0.1, 0.15) is 105 Å². The highest BCUT2D eigenvalue weighted by atomic mass is 16.7. The molecule has 0 amide bonds. The summed E-state index contributed by atoms with van der Waals surface area (Å²) in [6.07, 6.45) is 10.1. The third-order valence-corrected chi connectivity index (χ3v) is 11.3. The number of piperidine rings is 1. The molecular formula is C30H47B2NO4. The first-order valence-corrected chi connectivity index (χ1v) is 14.8. The van der Waals surface area contributed by atoms with Crippen molar-refractivity contribution in [1.82, 2.24) is 0 Å². The van der Waals surface area contributed by atoms with Crippen LogP contribution in [0, 0.1) is 5.41 Å². The van der Waals surface area contributed by atoms with Crippen LogP contribution < -0.4 is 10.4 Å². The smallest absolute Gasteiger partial charge is 0.403 e. The molecule has 1 spiro atoms. The van der Waals surface area contributed by atoms with Crippen LogP contribution in [-0.2, 0) is 31.5 Å². The zero-order valence-electron chi connectivity index (χ0n) is 24.5. The van der Waals surface area contributed by atoms with Gasteiger partial charge < -0.3 is 23.5 Å². The highest BCUT2D eigenvalue weighted by Gasteiger charge is 2.55. The van der Waals surface area contributed by atoms with Gasteiger partial charge in [0, 0.05) is 18.8 Å². The Morgan fingerprint density at radius 3 is 1.78 bits per heavy atom. The molecular weight excluding hydrogens is 460 g/mol. The minimum atomic E-state index is -0.317. The number of fused-ring (bicyclic) bond motifs is 1. The zero-order valence-corrected chi connectivity index (χ0v) is 24.5. The van der Waals surface area contributed by atoms with Crippen molar-refractivity contribution in [2.45, 2.75) is 135 Å². The summed E-state index contributed by atoms with van der Waals surface area (Å²) in [5, 5.41) is 0. The lowest BCUT2D eigenvalue weighted by Gasteiger charge is -2.36. The molecule has 5 nitrogen and oxygen atoms in total. The Kier molecular flexibility index (Phi) is 6.02. The van der Waals surface area contributed by atoms with Gasteiger partial charge in [0.1, 0.15) is 0 Å². The van der Waals surface area contributed by atoms with Gasteiger partial charge in [-0.15, -0.1) is 0 Å². The van der Waals surface area contributed by atoms with Crippen LogP contribution in [-0.4, -0.2) is 49.7 Å². The van der Waals surface area contributed by atoms with Crippen LogP contribution in [0.15, 0.2) is 12.1 Å². The summed E-state index contributed by atoms with van der Waals surface area (Å²) in [7, 11) is -0.371. The van der Waals surface area contributed by atoms with Gasteiger partial charge in [-0.25, -0.2) is 0 Å². The van der Waals surface area contributed by atoms with Crippen molar-refractivity contribution in [2.24, 2.45) is 5.41 Å². The monoisotopic (exact) mass is 507 g/mol. The molecule has 1 saturated carbocycles. The van der Waals surface area contributed by atoms with Crippen molar-refractivity contribution in [2.75, 3.05) is 18.0 Å². The fourth-order valence-corrected chi connectivity index (χ4v) is 7.38. The van der Waals surface area contributed by atoms with Gasteiger partial charge in [-0.1, -0.05) is 18.9 Å². The van der Waals surface area contributed by atoms with Crippen molar-refractivity contribution < 1.29 is 18.6 Å². The average Bonchev–Trinajstić information content (AvgIpc) is 3.52. The Balaban J connectivity index is 1.24. The fraction of sp³-hybridized carbons (Fsp3) is 0.800. The van der Waals surface area contributed by atoms with Gasteiger partial charge >= 0.3 is 14.2 Å². The quantitative estimate of drug-likeness (QED) is 0.491. The molecule has 0 N–H and O–H groups in total. The third-order valence-electron chi connectivity index (χ3n) is 11.3. The third kappa shape index (κ3) is 4.22. The van der Waals surface area contributed by atoms with Crippen molar-refractivity contribution in [3.05, 3.63) is 23.3 Å². The normalized spacial score (nSPS) is 29.5. The molecule has 3 aliphatic heterocycles. The lowest BCUT2D eigenvalue weighted by molar-refractivity contribution is 0.00578. The molecule has 202 valence electrons. The molecule has 2 aliphatic carbocycles. The van der Waals surface area contributed by atoms with Gasteiger partial charge in [-0.3, -0.25) is 0 Å². The zero-order chi connectivity index (χ0) is 26.4. The minimum absolute atomic E-state index is 0.0922. The Bertz CT molecular complexity index is 1020. The average molecular weight is 507 g/mol. The van der Waals surface area contributed by atoms with Crippen LogP contribution in [0.2, 0.25) is 5.82 Å². The predicted molar refractivity (Wildman–Crippen MR) is 152 cm³/mol. The first-order chi connectivity index (χ1) is 17.2. The number of benzene rings is 1. The minimum Gasteiger partial charge on any atom is -0.403 e. The van der Waals surface area contributed by atoms with Gasteiger partial charge in [0.05, 0.1) is 22.4 Å². The topological polar surface area (TPSA) is 40.2 Å². The summed E-state index contributed by atoms with van der Waals surface area (Å²) in [5.41, 5.74) is 5.11. The molecule has 1 aromatic rings. The molecule has 0 radical (unpaired) electrons. The van der Waals surface area contributed by atoms with Crippen molar-refractivity contribution >= 4 is 25.4 Å². The first-order valence-electron chi connectivity index (χ1n) is 14.8. The van der Waals surface area contributed by atoms with Crippen LogP contribution in [0.5, 0.6) is 0 Å². The van der Waals surface area contributed by atoms with E-state index in [2.05, 4.69) is 72.4 Å². The SMILES string of the molecule is CC1(C)OB(c2ccc(N3CCC(B4OC(C)(C)C(C)(C)O4)CC3)c3c2CC2(CCCC2)C3)OC1(C)C. The molecule has 37 heavy (non-hydrogen) atoms. The molecule has 3 heterocycles. The van der Waals surface area contributed by atoms with E-state index >= 15 is 0 Å². The second-order valence-corrected chi connectivity index (χ2v) is 14.7. The fourth-order valence-electron chi connectivity index (χ4n) is 7.38. The second-order valence-electron chi connectivity index (χ2n) is 14.7. The van der Waals surface area contributed by atoms with E-state index in [-0.39, 0.29) is 36.6 Å².